The quantitative estimate of drug-likeness (QED) is 0.110. The van der Waals surface area contributed by atoms with Gasteiger partial charge < -0.3 is 43.2 Å². The van der Waals surface area contributed by atoms with Gasteiger partial charge in [0.15, 0.2) is 12.3 Å². The van der Waals surface area contributed by atoms with Crippen LogP contribution >= 0.6 is 0 Å². The molecule has 0 radical (unpaired) electrons. The molecule has 11 nitrogen and oxygen atoms in total. The summed E-state index contributed by atoms with van der Waals surface area (Å²) in [6.45, 7) is 6.06. The Kier molecular flexibility index (Phi) is 15.6. The van der Waals surface area contributed by atoms with E-state index in [2.05, 4.69) is 5.32 Å². The maximum Gasteiger partial charge on any atom is 0.408 e. The summed E-state index contributed by atoms with van der Waals surface area (Å²) in [6.07, 6.45) is -4.87. The van der Waals surface area contributed by atoms with E-state index >= 15 is 0 Å². The van der Waals surface area contributed by atoms with Crippen LogP contribution in [0, 0.1) is 0 Å². The van der Waals surface area contributed by atoms with E-state index in [-0.39, 0.29) is 33.0 Å². The first kappa shape index (κ1) is 40.6. The molecule has 4 aromatic rings. The molecule has 5 rings (SSSR count). The molecule has 1 N–H and O–H groups in total. The van der Waals surface area contributed by atoms with Crippen LogP contribution in [0.3, 0.4) is 0 Å². The first-order valence-corrected chi connectivity index (χ1v) is 18.1. The zero-order valence-corrected chi connectivity index (χ0v) is 31.3. The van der Waals surface area contributed by atoms with Crippen LogP contribution in [0.5, 0.6) is 0 Å². The van der Waals surface area contributed by atoms with Crippen LogP contribution in [0.4, 0.5) is 4.79 Å². The number of methoxy groups -OCH3 is 1. The first-order valence-electron chi connectivity index (χ1n) is 18.1. The van der Waals surface area contributed by atoms with Crippen molar-refractivity contribution in [3.63, 3.8) is 0 Å². The van der Waals surface area contributed by atoms with Crippen LogP contribution in [-0.2, 0) is 69.1 Å². The highest BCUT2D eigenvalue weighted by Crippen LogP contribution is 2.32. The molecule has 6 atom stereocenters. The van der Waals surface area contributed by atoms with Gasteiger partial charge in [-0.25, -0.2) is 9.59 Å². The summed E-state index contributed by atoms with van der Waals surface area (Å²) in [7, 11) is 1.23. The number of carbonyl (C=O) groups excluding carboxylic acids is 2. The third-order valence-corrected chi connectivity index (χ3v) is 8.44. The van der Waals surface area contributed by atoms with Crippen molar-refractivity contribution in [2.45, 2.75) is 89.5 Å². The Morgan fingerprint density at radius 1 is 0.630 bits per heavy atom. The zero-order chi connectivity index (χ0) is 38.2. The first-order chi connectivity index (χ1) is 26.2. The van der Waals surface area contributed by atoms with Crippen LogP contribution in [0.2, 0.25) is 0 Å². The molecule has 1 aliphatic rings. The molecule has 1 fully saturated rings. The maximum atomic E-state index is 12.9. The van der Waals surface area contributed by atoms with Gasteiger partial charge in [-0.15, -0.1) is 0 Å². The number of hydrogen-bond donors (Lipinski definition) is 1. The van der Waals surface area contributed by atoms with Gasteiger partial charge in [0.05, 0.1) is 46.8 Å². The van der Waals surface area contributed by atoms with Crippen LogP contribution in [-0.4, -0.2) is 74.7 Å². The fourth-order valence-corrected chi connectivity index (χ4v) is 5.83. The summed E-state index contributed by atoms with van der Waals surface area (Å²) in [5.41, 5.74) is 3.05. The Balaban J connectivity index is 1.46. The van der Waals surface area contributed by atoms with Crippen molar-refractivity contribution in [3.05, 3.63) is 144 Å². The lowest BCUT2D eigenvalue weighted by Gasteiger charge is -2.46. The van der Waals surface area contributed by atoms with E-state index in [9.17, 15) is 9.59 Å². The Hall–Kier alpha value is -4.62. The number of esters is 1. The maximum absolute atomic E-state index is 12.9. The van der Waals surface area contributed by atoms with E-state index in [1.807, 2.05) is 121 Å². The number of alkyl carbamates (subject to hydrolysis) is 1. The zero-order valence-electron chi connectivity index (χ0n) is 31.3. The highest BCUT2D eigenvalue weighted by molar-refractivity contribution is 5.81. The van der Waals surface area contributed by atoms with Crippen molar-refractivity contribution in [1.82, 2.24) is 5.32 Å². The van der Waals surface area contributed by atoms with Gasteiger partial charge in [-0.2, -0.15) is 0 Å². The molecule has 1 heterocycles. The molecule has 1 aliphatic heterocycles. The van der Waals surface area contributed by atoms with E-state index in [4.69, 9.17) is 37.9 Å². The smallest absolute Gasteiger partial charge is 0.408 e. The second-order valence-electron chi connectivity index (χ2n) is 13.9. The minimum absolute atomic E-state index is 0.126. The van der Waals surface area contributed by atoms with Gasteiger partial charge in [-0.3, -0.25) is 0 Å². The third kappa shape index (κ3) is 13.0. The highest BCUT2D eigenvalue weighted by atomic mass is 16.7. The molecule has 11 heteroatoms. The van der Waals surface area contributed by atoms with Gasteiger partial charge in [-0.1, -0.05) is 121 Å². The number of ether oxygens (including phenoxy) is 8. The lowest BCUT2D eigenvalue weighted by atomic mass is 9.97. The predicted molar refractivity (Wildman–Crippen MR) is 201 cm³/mol. The fraction of sp³-hybridized carbons (Fsp3) is 0.395. The summed E-state index contributed by atoms with van der Waals surface area (Å²) < 4.78 is 49.8. The molecule has 54 heavy (non-hydrogen) atoms. The number of rotatable bonds is 18. The SMILES string of the molecule is COC(=O)[C@H](CO[C@@H]1O[C@H](COCc2ccccc2)[C@@H](OCc2ccccc2)[C@H](OCc2ccccc2)[C@H]1OCc1ccccc1)NC(=O)OC(C)(C)C. The molecule has 0 unspecified atom stereocenters. The van der Waals surface area contributed by atoms with E-state index in [1.54, 1.807) is 20.8 Å². The van der Waals surface area contributed by atoms with Crippen molar-refractivity contribution >= 4 is 12.1 Å². The Labute approximate surface area is 317 Å². The normalized spacial score (nSPS) is 20.5. The van der Waals surface area contributed by atoms with E-state index < -0.39 is 54.4 Å². The van der Waals surface area contributed by atoms with Gasteiger partial charge in [0.25, 0.3) is 0 Å². The van der Waals surface area contributed by atoms with E-state index in [0.29, 0.717) is 6.61 Å². The lowest BCUT2D eigenvalue weighted by molar-refractivity contribution is -0.329. The van der Waals surface area contributed by atoms with Crippen molar-refractivity contribution in [2.75, 3.05) is 20.3 Å². The van der Waals surface area contributed by atoms with Crippen molar-refractivity contribution in [1.29, 1.82) is 0 Å². The Morgan fingerprint density at radius 2 is 1.07 bits per heavy atom. The van der Waals surface area contributed by atoms with Crippen molar-refractivity contribution in [3.8, 4) is 0 Å². The number of carbonyl (C=O) groups is 2. The summed E-state index contributed by atoms with van der Waals surface area (Å²) >= 11 is 0. The van der Waals surface area contributed by atoms with Crippen LogP contribution in [0.15, 0.2) is 121 Å². The Morgan fingerprint density at radius 3 is 1.54 bits per heavy atom. The second-order valence-corrected chi connectivity index (χ2v) is 13.9. The van der Waals surface area contributed by atoms with Gasteiger partial charge in [0, 0.05) is 0 Å². The molecule has 4 aromatic carbocycles. The molecule has 0 spiro atoms. The molecular formula is C43H51NO10. The highest BCUT2D eigenvalue weighted by Gasteiger charge is 2.49. The van der Waals surface area contributed by atoms with Crippen LogP contribution in [0.25, 0.3) is 0 Å². The fourth-order valence-electron chi connectivity index (χ4n) is 5.83. The van der Waals surface area contributed by atoms with E-state index in [1.165, 1.54) is 7.11 Å². The number of nitrogens with one attached hydrogen (secondary N) is 1. The molecule has 1 amide bonds. The molecule has 1 saturated heterocycles. The minimum atomic E-state index is -1.22. The van der Waals surface area contributed by atoms with Gasteiger partial charge in [-0.05, 0) is 43.0 Å². The largest absolute Gasteiger partial charge is 0.467 e. The number of hydrogen-bond acceptors (Lipinski definition) is 10. The summed E-state index contributed by atoms with van der Waals surface area (Å²) in [5.74, 6) is -0.720. The molecular weight excluding hydrogens is 690 g/mol. The number of benzene rings is 4. The molecule has 0 aliphatic carbocycles. The van der Waals surface area contributed by atoms with Crippen molar-refractivity contribution in [2.24, 2.45) is 0 Å². The summed E-state index contributed by atoms with van der Waals surface area (Å²) in [4.78, 5) is 25.7. The predicted octanol–water partition coefficient (Wildman–Crippen LogP) is 6.77. The average Bonchev–Trinajstić information content (AvgIpc) is 3.18. The molecule has 0 saturated carbocycles. The van der Waals surface area contributed by atoms with Gasteiger partial charge >= 0.3 is 12.1 Å². The second kappa shape index (κ2) is 20.7. The molecule has 0 bridgehead atoms. The van der Waals surface area contributed by atoms with Gasteiger partial charge in [0.1, 0.15) is 30.0 Å². The van der Waals surface area contributed by atoms with Crippen LogP contribution in [0.1, 0.15) is 43.0 Å². The summed E-state index contributed by atoms with van der Waals surface area (Å²) in [6, 6.07) is 38.0. The summed E-state index contributed by atoms with van der Waals surface area (Å²) in [5, 5.41) is 2.57. The van der Waals surface area contributed by atoms with Gasteiger partial charge in [0.2, 0.25) is 0 Å². The monoisotopic (exact) mass is 741 g/mol. The topological polar surface area (TPSA) is 120 Å². The Bertz CT molecular complexity index is 1670. The molecule has 288 valence electrons. The average molecular weight is 742 g/mol. The van der Waals surface area contributed by atoms with Crippen LogP contribution < -0.4 is 5.32 Å². The minimum Gasteiger partial charge on any atom is -0.467 e. The van der Waals surface area contributed by atoms with Crippen molar-refractivity contribution < 1.29 is 47.5 Å². The lowest BCUT2D eigenvalue weighted by Crippen LogP contribution is -2.62. The number of amides is 1. The van der Waals surface area contributed by atoms with E-state index in [0.717, 1.165) is 22.3 Å². The third-order valence-electron chi connectivity index (χ3n) is 8.44. The standard InChI is InChI=1S/C43H51NO10/c1-43(2,3)54-42(46)44-35(40(45)47-4)29-52-41-39(51-28-34-23-15-8-16-24-34)38(50-27-33-21-13-7-14-22-33)37(49-26-32-19-11-6-12-20-32)36(53-41)30-48-25-31-17-9-5-10-18-31/h5-24,35-39,41H,25-30H2,1-4H3,(H,44,46)/t35-,36+,37+,38-,39+,41+/m0/s1. The molecule has 0 aromatic heterocycles.